The largest absolute Gasteiger partial charge is 0.412 e. The van der Waals surface area contributed by atoms with Gasteiger partial charge in [-0.05, 0) is 48.1 Å². The molecule has 0 bridgehead atoms. The fraction of sp³-hybridized carbons (Fsp3) is 0.273. The number of carbonyl (C=O) groups is 1. The molecule has 3 aromatic rings. The Hall–Kier alpha value is -2.66. The number of nitrogens with zero attached hydrogens (tertiary/aromatic N) is 1. The van der Waals surface area contributed by atoms with Crippen LogP contribution >= 0.6 is 11.3 Å². The number of nitrogens with one attached hydrogen (secondary N) is 1. The van der Waals surface area contributed by atoms with Gasteiger partial charge >= 0.3 is 6.09 Å². The van der Waals surface area contributed by atoms with E-state index in [0.29, 0.717) is 5.75 Å². The van der Waals surface area contributed by atoms with Crippen LogP contribution in [-0.2, 0) is 0 Å². The Bertz CT molecular complexity index is 902. The van der Waals surface area contributed by atoms with Crippen LogP contribution in [0, 0.1) is 0 Å². The highest BCUT2D eigenvalue weighted by Crippen LogP contribution is 2.29. The minimum absolute atomic E-state index is 0.237. The maximum atomic E-state index is 12.2. The molecule has 0 aliphatic heterocycles. The number of ether oxygens (including phenoxy) is 1. The van der Waals surface area contributed by atoms with E-state index in [1.807, 2.05) is 36.7 Å². The van der Waals surface area contributed by atoms with Crippen molar-refractivity contribution in [3.8, 4) is 27.3 Å². The number of benzene rings is 1. The number of amides is 1. The Morgan fingerprint density at radius 1 is 1.00 bits per heavy atom. The Morgan fingerprint density at radius 2 is 1.85 bits per heavy atom. The lowest BCUT2D eigenvalue weighted by Crippen LogP contribution is -2.37. The summed E-state index contributed by atoms with van der Waals surface area (Å²) >= 11 is 1.69. The van der Waals surface area contributed by atoms with E-state index >= 15 is 0 Å². The van der Waals surface area contributed by atoms with Crippen molar-refractivity contribution >= 4 is 17.4 Å². The molecule has 0 atom stereocenters. The normalized spacial score (nSPS) is 14.7. The van der Waals surface area contributed by atoms with Gasteiger partial charge in [0.1, 0.15) is 5.75 Å². The lowest BCUT2D eigenvalue weighted by molar-refractivity contribution is 0.192. The predicted octanol–water partition coefficient (Wildman–Crippen LogP) is 5.90. The van der Waals surface area contributed by atoms with Crippen LogP contribution in [-0.4, -0.2) is 17.1 Å². The molecule has 1 saturated carbocycles. The first-order valence-electron chi connectivity index (χ1n) is 9.36. The SMILES string of the molecule is O=C(NC1CCCCC1)Oc1cccc(-c2cncc(-c3cccs3)c2)c1. The topological polar surface area (TPSA) is 51.2 Å². The Balaban J connectivity index is 1.47. The van der Waals surface area contributed by atoms with Crippen molar-refractivity contribution < 1.29 is 9.53 Å². The second-order valence-electron chi connectivity index (χ2n) is 6.84. The van der Waals surface area contributed by atoms with Crippen molar-refractivity contribution in [2.75, 3.05) is 0 Å². The van der Waals surface area contributed by atoms with Crippen LogP contribution in [0.3, 0.4) is 0 Å². The Kier molecular flexibility index (Phi) is 5.49. The third-order valence-corrected chi connectivity index (χ3v) is 5.77. The van der Waals surface area contributed by atoms with E-state index < -0.39 is 0 Å². The summed E-state index contributed by atoms with van der Waals surface area (Å²) in [7, 11) is 0. The molecule has 2 aromatic heterocycles. The van der Waals surface area contributed by atoms with Crippen molar-refractivity contribution in [2.24, 2.45) is 0 Å². The molecule has 138 valence electrons. The number of aromatic nitrogens is 1. The summed E-state index contributed by atoms with van der Waals surface area (Å²) in [5.74, 6) is 0.544. The fourth-order valence-corrected chi connectivity index (χ4v) is 4.17. The fourth-order valence-electron chi connectivity index (χ4n) is 3.46. The third-order valence-electron chi connectivity index (χ3n) is 4.85. The molecule has 1 aromatic carbocycles. The van der Waals surface area contributed by atoms with E-state index in [2.05, 4.69) is 27.8 Å². The van der Waals surface area contributed by atoms with Crippen molar-refractivity contribution in [2.45, 2.75) is 38.1 Å². The number of pyridine rings is 1. The predicted molar refractivity (Wildman–Crippen MR) is 109 cm³/mol. The third kappa shape index (κ3) is 4.55. The van der Waals surface area contributed by atoms with Gasteiger partial charge < -0.3 is 10.1 Å². The van der Waals surface area contributed by atoms with Crippen LogP contribution in [0.2, 0.25) is 0 Å². The zero-order valence-electron chi connectivity index (χ0n) is 15.1. The molecule has 1 N–H and O–H groups in total. The highest BCUT2D eigenvalue weighted by molar-refractivity contribution is 7.13. The van der Waals surface area contributed by atoms with Gasteiger partial charge in [-0.25, -0.2) is 4.79 Å². The highest BCUT2D eigenvalue weighted by Gasteiger charge is 2.16. The molecule has 1 fully saturated rings. The molecule has 27 heavy (non-hydrogen) atoms. The van der Waals surface area contributed by atoms with Crippen LogP contribution in [0.4, 0.5) is 4.79 Å². The van der Waals surface area contributed by atoms with E-state index in [9.17, 15) is 4.79 Å². The van der Waals surface area contributed by atoms with E-state index in [4.69, 9.17) is 4.74 Å². The number of thiophene rings is 1. The average molecular weight is 378 g/mol. The minimum atomic E-state index is -0.371. The maximum absolute atomic E-state index is 12.2. The van der Waals surface area contributed by atoms with E-state index in [-0.39, 0.29) is 12.1 Å². The van der Waals surface area contributed by atoms with E-state index in [1.54, 1.807) is 17.4 Å². The van der Waals surface area contributed by atoms with Gasteiger partial charge in [-0.2, -0.15) is 0 Å². The molecule has 1 aliphatic rings. The Morgan fingerprint density at radius 3 is 2.67 bits per heavy atom. The van der Waals surface area contributed by atoms with Gasteiger partial charge in [0.15, 0.2) is 0 Å². The summed E-state index contributed by atoms with van der Waals surface area (Å²) in [6.45, 7) is 0. The molecule has 4 nitrogen and oxygen atoms in total. The Labute approximate surface area is 163 Å². The molecular formula is C22H22N2O2S. The molecule has 1 aliphatic carbocycles. The quantitative estimate of drug-likeness (QED) is 0.615. The molecular weight excluding hydrogens is 356 g/mol. The first kappa shape index (κ1) is 17.7. The molecule has 5 heteroatoms. The molecule has 0 radical (unpaired) electrons. The van der Waals surface area contributed by atoms with E-state index in [1.165, 1.54) is 24.1 Å². The van der Waals surface area contributed by atoms with Gasteiger partial charge in [0, 0.05) is 34.4 Å². The summed E-state index contributed by atoms with van der Waals surface area (Å²) in [6, 6.07) is 14.1. The molecule has 4 rings (SSSR count). The second kappa shape index (κ2) is 8.35. The first-order valence-corrected chi connectivity index (χ1v) is 10.2. The number of hydrogen-bond donors (Lipinski definition) is 1. The van der Waals surface area contributed by atoms with Gasteiger partial charge in [-0.15, -0.1) is 11.3 Å². The standard InChI is InChI=1S/C22H22N2O2S/c25-22(24-19-7-2-1-3-8-19)26-20-9-4-6-16(13-20)17-12-18(15-23-14-17)21-10-5-11-27-21/h4-6,9-15,19H,1-3,7-8H2,(H,24,25). The van der Waals surface area contributed by atoms with Crippen molar-refractivity contribution in [3.63, 3.8) is 0 Å². The van der Waals surface area contributed by atoms with Crippen molar-refractivity contribution in [1.29, 1.82) is 0 Å². The van der Waals surface area contributed by atoms with Crippen LogP contribution in [0.25, 0.3) is 21.6 Å². The summed E-state index contributed by atoms with van der Waals surface area (Å²) in [5, 5.41) is 5.04. The number of carbonyl (C=O) groups excluding carboxylic acids is 1. The van der Waals surface area contributed by atoms with Crippen LogP contribution in [0.5, 0.6) is 5.75 Å². The van der Waals surface area contributed by atoms with Crippen molar-refractivity contribution in [3.05, 3.63) is 60.2 Å². The zero-order chi connectivity index (χ0) is 18.5. The average Bonchev–Trinajstić information content (AvgIpc) is 3.24. The van der Waals surface area contributed by atoms with Crippen LogP contribution < -0.4 is 10.1 Å². The lowest BCUT2D eigenvalue weighted by Gasteiger charge is -2.22. The lowest BCUT2D eigenvalue weighted by atomic mass is 9.96. The zero-order valence-corrected chi connectivity index (χ0v) is 15.9. The van der Waals surface area contributed by atoms with Gasteiger partial charge in [-0.3, -0.25) is 4.98 Å². The summed E-state index contributed by atoms with van der Waals surface area (Å²) < 4.78 is 5.51. The molecule has 0 spiro atoms. The van der Waals surface area contributed by atoms with Gasteiger partial charge in [-0.1, -0.05) is 37.5 Å². The van der Waals surface area contributed by atoms with Gasteiger partial charge in [0.25, 0.3) is 0 Å². The monoisotopic (exact) mass is 378 g/mol. The molecule has 0 unspecified atom stereocenters. The van der Waals surface area contributed by atoms with Gasteiger partial charge in [0.05, 0.1) is 0 Å². The first-order chi connectivity index (χ1) is 13.3. The van der Waals surface area contributed by atoms with Crippen LogP contribution in [0.1, 0.15) is 32.1 Å². The highest BCUT2D eigenvalue weighted by atomic mass is 32.1. The smallest absolute Gasteiger partial charge is 0.410 e. The van der Waals surface area contributed by atoms with Crippen molar-refractivity contribution in [1.82, 2.24) is 10.3 Å². The molecule has 2 heterocycles. The number of rotatable bonds is 4. The summed E-state index contributed by atoms with van der Waals surface area (Å²) in [4.78, 5) is 17.7. The van der Waals surface area contributed by atoms with Crippen LogP contribution in [0.15, 0.2) is 60.2 Å². The maximum Gasteiger partial charge on any atom is 0.412 e. The number of hydrogen-bond acceptors (Lipinski definition) is 4. The second-order valence-corrected chi connectivity index (χ2v) is 7.78. The molecule has 0 saturated heterocycles. The minimum Gasteiger partial charge on any atom is -0.410 e. The van der Waals surface area contributed by atoms with E-state index in [0.717, 1.165) is 29.5 Å². The summed E-state index contributed by atoms with van der Waals surface area (Å²) in [6.07, 6.45) is 9.01. The molecule has 1 amide bonds. The summed E-state index contributed by atoms with van der Waals surface area (Å²) in [5.41, 5.74) is 3.06. The van der Waals surface area contributed by atoms with Gasteiger partial charge in [0.2, 0.25) is 0 Å².